The lowest BCUT2D eigenvalue weighted by atomic mass is 9.86. The number of hydrogen-bond donors (Lipinski definition) is 0. The number of aromatic nitrogens is 6. The van der Waals surface area contributed by atoms with Crippen molar-refractivity contribution in [2.24, 2.45) is 0 Å². The summed E-state index contributed by atoms with van der Waals surface area (Å²) >= 11 is 0. The standard InChI is InChI=1S/C24H22F4N6O/c1-14-12-33(13-29-14)19-9-8-18(30-22(19)35-3)20-31-21-16(10-11-24(27,28)34(21)32-20)15-6-4-5-7-17(15)23(2,25)26/h4-9,12-13,16H,10-11H2,1-3H3. The van der Waals surface area contributed by atoms with Gasteiger partial charge in [-0.15, -0.1) is 5.10 Å². The van der Waals surface area contributed by atoms with Gasteiger partial charge in [0.2, 0.25) is 5.88 Å². The number of ether oxygens (including phenoxy) is 1. The molecular formula is C24H22F4N6O. The Morgan fingerprint density at radius 3 is 2.57 bits per heavy atom. The topological polar surface area (TPSA) is 70.7 Å². The van der Waals surface area contributed by atoms with Crippen LogP contribution in [0.4, 0.5) is 17.6 Å². The molecule has 1 aromatic carbocycles. The van der Waals surface area contributed by atoms with Crippen LogP contribution in [0.2, 0.25) is 0 Å². The van der Waals surface area contributed by atoms with E-state index in [1.165, 1.54) is 25.3 Å². The van der Waals surface area contributed by atoms with Gasteiger partial charge in [-0.25, -0.2) is 23.7 Å². The number of methoxy groups -OCH3 is 1. The van der Waals surface area contributed by atoms with Crippen molar-refractivity contribution in [3.63, 3.8) is 0 Å². The fourth-order valence-corrected chi connectivity index (χ4v) is 4.40. The number of hydrogen-bond acceptors (Lipinski definition) is 5. The number of fused-ring (bicyclic) bond motifs is 1. The lowest BCUT2D eigenvalue weighted by Crippen LogP contribution is -2.33. The molecule has 0 aliphatic carbocycles. The summed E-state index contributed by atoms with van der Waals surface area (Å²) < 4.78 is 66.0. The van der Waals surface area contributed by atoms with Crippen molar-refractivity contribution in [3.05, 3.63) is 71.6 Å². The maximum Gasteiger partial charge on any atom is 0.345 e. The summed E-state index contributed by atoms with van der Waals surface area (Å²) in [4.78, 5) is 13.0. The lowest BCUT2D eigenvalue weighted by molar-refractivity contribution is -0.113. The average Bonchev–Trinajstić information content (AvgIpc) is 3.46. The van der Waals surface area contributed by atoms with Crippen molar-refractivity contribution in [2.45, 2.75) is 44.6 Å². The summed E-state index contributed by atoms with van der Waals surface area (Å²) in [5, 5.41) is 4.05. The first-order chi connectivity index (χ1) is 16.6. The van der Waals surface area contributed by atoms with Crippen molar-refractivity contribution in [2.75, 3.05) is 7.11 Å². The van der Waals surface area contributed by atoms with Crippen LogP contribution in [0.25, 0.3) is 17.2 Å². The summed E-state index contributed by atoms with van der Waals surface area (Å²) in [6.07, 6.45) is 2.80. The van der Waals surface area contributed by atoms with E-state index in [9.17, 15) is 17.6 Å². The SMILES string of the molecule is COc1nc(-c2nc3n(n2)C(F)(F)CCC3c2ccccc2C(C)(F)F)ccc1-n1cnc(C)c1. The minimum atomic E-state index is -3.31. The normalized spacial score (nSPS) is 17.3. The van der Waals surface area contributed by atoms with E-state index < -0.39 is 24.3 Å². The highest BCUT2D eigenvalue weighted by Crippen LogP contribution is 2.45. The van der Waals surface area contributed by atoms with Crippen molar-refractivity contribution >= 4 is 0 Å². The molecule has 0 bridgehead atoms. The molecule has 0 saturated heterocycles. The molecule has 5 rings (SSSR count). The first kappa shape index (κ1) is 23.0. The number of rotatable bonds is 5. The second kappa shape index (κ2) is 8.17. The molecule has 0 fully saturated rings. The van der Waals surface area contributed by atoms with Gasteiger partial charge in [0.25, 0.3) is 5.92 Å². The third kappa shape index (κ3) is 4.04. The van der Waals surface area contributed by atoms with Crippen LogP contribution in [-0.2, 0) is 12.0 Å². The quantitative estimate of drug-likeness (QED) is 0.352. The van der Waals surface area contributed by atoms with Gasteiger partial charge in [-0.3, -0.25) is 0 Å². The van der Waals surface area contributed by atoms with Gasteiger partial charge in [0.15, 0.2) is 5.82 Å². The summed E-state index contributed by atoms with van der Waals surface area (Å²) in [6.45, 7) is 2.63. The van der Waals surface area contributed by atoms with Crippen molar-refractivity contribution in [1.29, 1.82) is 0 Å². The Labute approximate surface area is 198 Å². The zero-order chi connectivity index (χ0) is 25.0. The van der Waals surface area contributed by atoms with Gasteiger partial charge in [-0.2, -0.15) is 13.5 Å². The molecule has 1 atom stereocenters. The smallest absolute Gasteiger partial charge is 0.345 e. The number of alkyl halides is 4. The predicted molar refractivity (Wildman–Crippen MR) is 119 cm³/mol. The highest BCUT2D eigenvalue weighted by Gasteiger charge is 2.45. The number of aryl methyl sites for hydroxylation is 1. The molecule has 0 spiro atoms. The molecule has 4 aromatic rings. The van der Waals surface area contributed by atoms with Crippen LogP contribution in [0.5, 0.6) is 5.88 Å². The lowest BCUT2D eigenvalue weighted by Gasteiger charge is -2.30. The van der Waals surface area contributed by atoms with E-state index in [1.807, 2.05) is 6.92 Å². The van der Waals surface area contributed by atoms with E-state index >= 15 is 0 Å². The first-order valence-electron chi connectivity index (χ1n) is 11.0. The summed E-state index contributed by atoms with van der Waals surface area (Å²) in [6, 6.07) is 5.94. The van der Waals surface area contributed by atoms with Crippen LogP contribution in [-0.4, -0.2) is 36.4 Å². The third-order valence-electron chi connectivity index (χ3n) is 6.05. The molecular weight excluding hydrogens is 464 g/mol. The number of halogens is 4. The fraction of sp³-hybridized carbons (Fsp3) is 0.333. The third-order valence-corrected chi connectivity index (χ3v) is 6.05. The van der Waals surface area contributed by atoms with E-state index in [4.69, 9.17) is 4.74 Å². The minimum absolute atomic E-state index is 0.0426. The number of imidazole rings is 1. The van der Waals surface area contributed by atoms with Gasteiger partial charge in [0, 0.05) is 31.0 Å². The van der Waals surface area contributed by atoms with Crippen LogP contribution >= 0.6 is 0 Å². The molecule has 1 aliphatic heterocycles. The first-order valence-corrected chi connectivity index (χ1v) is 11.0. The molecule has 1 unspecified atom stereocenters. The van der Waals surface area contributed by atoms with Gasteiger partial charge in [0.1, 0.15) is 17.2 Å². The molecule has 0 saturated carbocycles. The van der Waals surface area contributed by atoms with Crippen LogP contribution in [0.1, 0.15) is 48.3 Å². The van der Waals surface area contributed by atoms with E-state index in [0.29, 0.717) is 10.4 Å². The van der Waals surface area contributed by atoms with E-state index in [1.54, 1.807) is 35.3 Å². The predicted octanol–water partition coefficient (Wildman–Crippen LogP) is 5.43. The highest BCUT2D eigenvalue weighted by molar-refractivity contribution is 5.56. The Hall–Kier alpha value is -3.76. The Bertz CT molecular complexity index is 1390. The van der Waals surface area contributed by atoms with Crippen molar-refractivity contribution in [3.8, 4) is 23.1 Å². The van der Waals surface area contributed by atoms with Crippen LogP contribution in [0.15, 0.2) is 48.9 Å². The zero-order valence-electron chi connectivity index (χ0n) is 19.2. The van der Waals surface area contributed by atoms with Crippen LogP contribution < -0.4 is 4.74 Å². The Kier molecular flexibility index (Phi) is 5.37. The summed E-state index contributed by atoms with van der Waals surface area (Å²) in [5.41, 5.74) is 1.65. The van der Waals surface area contributed by atoms with Gasteiger partial charge in [0.05, 0.1) is 19.1 Å². The monoisotopic (exact) mass is 486 g/mol. The number of nitrogens with zero attached hydrogens (tertiary/aromatic N) is 6. The molecule has 3 aromatic heterocycles. The van der Waals surface area contributed by atoms with Crippen LogP contribution in [0.3, 0.4) is 0 Å². The second-order valence-corrected chi connectivity index (χ2v) is 8.59. The molecule has 0 amide bonds. The molecule has 182 valence electrons. The highest BCUT2D eigenvalue weighted by atomic mass is 19.3. The Balaban J connectivity index is 1.61. The Morgan fingerprint density at radius 1 is 1.11 bits per heavy atom. The van der Waals surface area contributed by atoms with Crippen molar-refractivity contribution in [1.82, 2.24) is 29.3 Å². The zero-order valence-corrected chi connectivity index (χ0v) is 19.2. The van der Waals surface area contributed by atoms with Crippen LogP contribution in [0, 0.1) is 6.92 Å². The van der Waals surface area contributed by atoms with Gasteiger partial charge in [-0.1, -0.05) is 24.3 Å². The van der Waals surface area contributed by atoms with Gasteiger partial charge < -0.3 is 9.30 Å². The number of benzene rings is 1. The maximum absolute atomic E-state index is 14.8. The molecule has 35 heavy (non-hydrogen) atoms. The van der Waals surface area contributed by atoms with E-state index in [-0.39, 0.29) is 40.8 Å². The molecule has 7 nitrogen and oxygen atoms in total. The summed E-state index contributed by atoms with van der Waals surface area (Å²) in [7, 11) is 1.44. The second-order valence-electron chi connectivity index (χ2n) is 8.59. The minimum Gasteiger partial charge on any atom is -0.479 e. The molecule has 11 heteroatoms. The Morgan fingerprint density at radius 2 is 1.89 bits per heavy atom. The largest absolute Gasteiger partial charge is 0.479 e. The molecule has 4 heterocycles. The fourth-order valence-electron chi connectivity index (χ4n) is 4.40. The van der Waals surface area contributed by atoms with E-state index in [2.05, 4.69) is 20.1 Å². The maximum atomic E-state index is 14.8. The average molecular weight is 486 g/mol. The van der Waals surface area contributed by atoms with Gasteiger partial charge >= 0.3 is 6.05 Å². The molecule has 1 aliphatic rings. The summed E-state index contributed by atoms with van der Waals surface area (Å²) in [5.74, 6) is -3.80. The molecule has 0 N–H and O–H groups in total. The van der Waals surface area contributed by atoms with Crippen molar-refractivity contribution < 1.29 is 22.3 Å². The molecule has 0 radical (unpaired) electrons. The number of pyridine rings is 1. The van der Waals surface area contributed by atoms with E-state index in [0.717, 1.165) is 12.6 Å². The van der Waals surface area contributed by atoms with Gasteiger partial charge in [-0.05, 0) is 31.0 Å².